The van der Waals surface area contributed by atoms with Gasteiger partial charge in [0.1, 0.15) is 5.82 Å². The Hall–Kier alpha value is -1.33. The second kappa shape index (κ2) is 5.35. The van der Waals surface area contributed by atoms with Crippen molar-refractivity contribution < 1.29 is 4.74 Å². The van der Waals surface area contributed by atoms with E-state index in [2.05, 4.69) is 21.8 Å². The van der Waals surface area contributed by atoms with Gasteiger partial charge in [-0.25, -0.2) is 4.98 Å². The zero-order valence-electron chi connectivity index (χ0n) is 11.5. The third kappa shape index (κ3) is 3.16. The van der Waals surface area contributed by atoms with Gasteiger partial charge in [-0.2, -0.15) is 0 Å². The van der Waals surface area contributed by atoms with Gasteiger partial charge in [-0.3, -0.25) is 0 Å². The molecular formula is C14H22N4O. The van der Waals surface area contributed by atoms with Crippen LogP contribution in [0.3, 0.4) is 0 Å². The first-order chi connectivity index (χ1) is 9.22. The van der Waals surface area contributed by atoms with Crippen molar-refractivity contribution in [1.29, 1.82) is 0 Å². The van der Waals surface area contributed by atoms with E-state index in [1.54, 1.807) is 0 Å². The molecular weight excluding hydrogens is 240 g/mol. The molecule has 2 aliphatic rings. The number of nitrogen functional groups attached to an aromatic ring is 1. The number of ether oxygens (including phenoxy) is 1. The zero-order valence-corrected chi connectivity index (χ0v) is 11.5. The van der Waals surface area contributed by atoms with E-state index in [0.717, 1.165) is 38.0 Å². The average molecular weight is 262 g/mol. The Morgan fingerprint density at radius 1 is 1.47 bits per heavy atom. The van der Waals surface area contributed by atoms with Gasteiger partial charge < -0.3 is 20.3 Å². The van der Waals surface area contributed by atoms with Crippen LogP contribution in [0.1, 0.15) is 12.8 Å². The van der Waals surface area contributed by atoms with Gasteiger partial charge >= 0.3 is 0 Å². The molecule has 0 amide bonds. The first-order valence-electron chi connectivity index (χ1n) is 7.00. The average Bonchev–Trinajstić information content (AvgIpc) is 3.24. The molecule has 1 aromatic heterocycles. The number of rotatable bonds is 4. The third-order valence-corrected chi connectivity index (χ3v) is 3.94. The van der Waals surface area contributed by atoms with Crippen LogP contribution in [-0.4, -0.2) is 55.3 Å². The molecule has 0 unspecified atom stereocenters. The minimum atomic E-state index is 0.289. The molecule has 2 heterocycles. The van der Waals surface area contributed by atoms with Crippen LogP contribution in [0.15, 0.2) is 18.3 Å². The van der Waals surface area contributed by atoms with Gasteiger partial charge in [-0.05, 0) is 32.0 Å². The lowest BCUT2D eigenvalue weighted by atomic mass is 10.2. The summed E-state index contributed by atoms with van der Waals surface area (Å²) < 4.78 is 5.87. The number of hydrogen-bond donors (Lipinski definition) is 1. The summed E-state index contributed by atoms with van der Waals surface area (Å²) in [6.45, 7) is 3.66. The summed E-state index contributed by atoms with van der Waals surface area (Å²) in [6.07, 6.45) is 4.82. The molecule has 1 aliphatic carbocycles. The van der Waals surface area contributed by atoms with Crippen LogP contribution in [0, 0.1) is 0 Å². The summed E-state index contributed by atoms with van der Waals surface area (Å²) in [5, 5.41) is 0. The fourth-order valence-corrected chi connectivity index (χ4v) is 2.63. The number of hydrogen-bond acceptors (Lipinski definition) is 5. The van der Waals surface area contributed by atoms with Crippen molar-refractivity contribution >= 4 is 11.5 Å². The molecule has 1 saturated heterocycles. The molecule has 104 valence electrons. The predicted molar refractivity (Wildman–Crippen MR) is 76.3 cm³/mol. The van der Waals surface area contributed by atoms with E-state index in [1.165, 1.54) is 12.8 Å². The number of aromatic nitrogens is 1. The fraction of sp³-hybridized carbons (Fsp3) is 0.643. The number of nitrogens with two attached hydrogens (primary N) is 1. The minimum Gasteiger partial charge on any atom is -0.384 e. The summed E-state index contributed by atoms with van der Waals surface area (Å²) >= 11 is 0. The van der Waals surface area contributed by atoms with Crippen molar-refractivity contribution in [2.45, 2.75) is 25.0 Å². The Morgan fingerprint density at radius 2 is 2.32 bits per heavy atom. The SMILES string of the molecule is CN(C[C@@H]1CN(c2ccc(N)nc2)CCO1)C1CC1. The smallest absolute Gasteiger partial charge is 0.123 e. The molecule has 2 fully saturated rings. The molecule has 3 rings (SSSR count). The molecule has 0 radical (unpaired) electrons. The van der Waals surface area contributed by atoms with E-state index in [9.17, 15) is 0 Å². The number of pyridine rings is 1. The highest BCUT2D eigenvalue weighted by Gasteiger charge is 2.29. The third-order valence-electron chi connectivity index (χ3n) is 3.94. The van der Waals surface area contributed by atoms with Gasteiger partial charge in [0, 0.05) is 25.7 Å². The molecule has 1 aliphatic heterocycles. The van der Waals surface area contributed by atoms with Crippen LogP contribution in [0.25, 0.3) is 0 Å². The fourth-order valence-electron chi connectivity index (χ4n) is 2.63. The van der Waals surface area contributed by atoms with Gasteiger partial charge in [-0.1, -0.05) is 0 Å². The van der Waals surface area contributed by atoms with Crippen LogP contribution in [0.4, 0.5) is 11.5 Å². The zero-order chi connectivity index (χ0) is 13.2. The maximum Gasteiger partial charge on any atom is 0.123 e. The summed E-state index contributed by atoms with van der Waals surface area (Å²) in [5.41, 5.74) is 6.76. The number of nitrogens with zero attached hydrogens (tertiary/aromatic N) is 3. The molecule has 19 heavy (non-hydrogen) atoms. The molecule has 1 aromatic rings. The monoisotopic (exact) mass is 262 g/mol. The Kier molecular flexibility index (Phi) is 3.57. The maximum absolute atomic E-state index is 5.87. The lowest BCUT2D eigenvalue weighted by Gasteiger charge is -2.36. The summed E-state index contributed by atoms with van der Waals surface area (Å²) in [5.74, 6) is 0.571. The van der Waals surface area contributed by atoms with E-state index in [4.69, 9.17) is 10.5 Å². The number of anilines is 2. The standard InChI is InChI=1S/C14H22N4O/c1-17(11-2-3-11)9-13-10-18(6-7-19-13)12-4-5-14(15)16-8-12/h4-5,8,11,13H,2-3,6-7,9-10H2,1H3,(H2,15,16)/t13-/m1/s1. The minimum absolute atomic E-state index is 0.289. The summed E-state index contributed by atoms with van der Waals surface area (Å²) in [4.78, 5) is 8.92. The Bertz CT molecular complexity index is 418. The highest BCUT2D eigenvalue weighted by molar-refractivity contribution is 5.48. The van der Waals surface area contributed by atoms with E-state index in [1.807, 2.05) is 18.3 Å². The largest absolute Gasteiger partial charge is 0.384 e. The highest BCUT2D eigenvalue weighted by atomic mass is 16.5. The molecule has 0 aromatic carbocycles. The Morgan fingerprint density at radius 3 is 3.00 bits per heavy atom. The van der Waals surface area contributed by atoms with Crippen molar-refractivity contribution in [3.8, 4) is 0 Å². The van der Waals surface area contributed by atoms with Crippen molar-refractivity contribution in [2.24, 2.45) is 0 Å². The number of likely N-dealkylation sites (N-methyl/N-ethyl adjacent to an activating group) is 1. The number of morpholine rings is 1. The van der Waals surface area contributed by atoms with Gasteiger partial charge in [0.15, 0.2) is 0 Å². The maximum atomic E-state index is 5.87. The topological polar surface area (TPSA) is 54.6 Å². The second-order valence-electron chi connectivity index (χ2n) is 5.55. The quantitative estimate of drug-likeness (QED) is 0.876. The van der Waals surface area contributed by atoms with Crippen LogP contribution in [0.2, 0.25) is 0 Å². The molecule has 2 N–H and O–H groups in total. The van der Waals surface area contributed by atoms with Crippen molar-refractivity contribution in [1.82, 2.24) is 9.88 Å². The van der Waals surface area contributed by atoms with Gasteiger partial charge in [0.05, 0.1) is 24.6 Å². The first-order valence-corrected chi connectivity index (χ1v) is 7.00. The Balaban J connectivity index is 1.59. The molecule has 0 bridgehead atoms. The summed E-state index contributed by atoms with van der Waals surface area (Å²) in [6, 6.07) is 4.68. The normalized spacial score (nSPS) is 23.9. The van der Waals surface area contributed by atoms with Crippen molar-refractivity contribution in [3.05, 3.63) is 18.3 Å². The van der Waals surface area contributed by atoms with Gasteiger partial charge in [-0.15, -0.1) is 0 Å². The first kappa shape index (κ1) is 12.7. The van der Waals surface area contributed by atoms with E-state index in [-0.39, 0.29) is 6.10 Å². The van der Waals surface area contributed by atoms with Crippen LogP contribution < -0.4 is 10.6 Å². The Labute approximate surface area is 114 Å². The second-order valence-corrected chi connectivity index (χ2v) is 5.55. The molecule has 5 nitrogen and oxygen atoms in total. The lowest BCUT2D eigenvalue weighted by molar-refractivity contribution is 0.0192. The highest BCUT2D eigenvalue weighted by Crippen LogP contribution is 2.26. The van der Waals surface area contributed by atoms with Crippen molar-refractivity contribution in [2.75, 3.05) is 43.9 Å². The van der Waals surface area contributed by atoms with E-state index >= 15 is 0 Å². The van der Waals surface area contributed by atoms with E-state index in [0.29, 0.717) is 5.82 Å². The van der Waals surface area contributed by atoms with Crippen LogP contribution >= 0.6 is 0 Å². The molecule has 1 saturated carbocycles. The lowest BCUT2D eigenvalue weighted by Crippen LogP contribution is -2.47. The van der Waals surface area contributed by atoms with Crippen molar-refractivity contribution in [3.63, 3.8) is 0 Å². The molecule has 1 atom stereocenters. The van der Waals surface area contributed by atoms with Gasteiger partial charge in [0.25, 0.3) is 0 Å². The summed E-state index contributed by atoms with van der Waals surface area (Å²) in [7, 11) is 2.20. The van der Waals surface area contributed by atoms with Crippen LogP contribution in [0.5, 0.6) is 0 Å². The van der Waals surface area contributed by atoms with Crippen LogP contribution in [-0.2, 0) is 4.74 Å². The molecule has 0 spiro atoms. The van der Waals surface area contributed by atoms with Gasteiger partial charge in [0.2, 0.25) is 0 Å². The molecule has 5 heteroatoms. The predicted octanol–water partition coefficient (Wildman–Crippen LogP) is 0.963. The van der Waals surface area contributed by atoms with E-state index < -0.39 is 0 Å².